The van der Waals surface area contributed by atoms with Crippen LogP contribution in [0.3, 0.4) is 0 Å². The van der Waals surface area contributed by atoms with Crippen LogP contribution in [0, 0.1) is 10.1 Å². The molecule has 146 valence electrons. The number of para-hydroxylation sites is 2. The number of halogens is 1. The molecule has 1 aliphatic rings. The van der Waals surface area contributed by atoms with Gasteiger partial charge in [0.15, 0.2) is 5.82 Å². The molecule has 1 aliphatic heterocycles. The highest BCUT2D eigenvalue weighted by atomic mass is 35.5. The van der Waals surface area contributed by atoms with Crippen molar-refractivity contribution in [1.29, 1.82) is 0 Å². The zero-order valence-electron chi connectivity index (χ0n) is 14.7. The van der Waals surface area contributed by atoms with E-state index in [1.54, 1.807) is 30.3 Å². The summed E-state index contributed by atoms with van der Waals surface area (Å²) in [5.74, 6) is -0.388. The normalized spacial score (nSPS) is 14.9. The number of hydrogen-bond acceptors (Lipinski definition) is 6. The highest BCUT2D eigenvalue weighted by Crippen LogP contribution is 2.30. The van der Waals surface area contributed by atoms with Crippen LogP contribution < -0.4 is 10.6 Å². The van der Waals surface area contributed by atoms with Gasteiger partial charge in [0.25, 0.3) is 11.6 Å². The Hall–Kier alpha value is -3.79. The molecular formula is C18H13ClN6O4. The lowest BCUT2D eigenvalue weighted by Gasteiger charge is -2.10. The molecule has 1 aromatic heterocycles. The molecule has 11 heteroatoms. The Bertz CT molecular complexity index is 1130. The SMILES string of the molecule is O=C(CC1C(=O)Nc2nc(-c3ccc(Cl)cc3)nn21)Nc1ccccc1[N+](=O)[O-]. The second-order valence-corrected chi connectivity index (χ2v) is 6.68. The lowest BCUT2D eigenvalue weighted by molar-refractivity contribution is -0.383. The van der Waals surface area contributed by atoms with Gasteiger partial charge < -0.3 is 5.32 Å². The quantitative estimate of drug-likeness (QED) is 0.489. The first-order valence-electron chi connectivity index (χ1n) is 8.49. The van der Waals surface area contributed by atoms with Crippen LogP contribution in [0.15, 0.2) is 48.5 Å². The first kappa shape index (κ1) is 18.6. The maximum Gasteiger partial charge on any atom is 0.292 e. The minimum Gasteiger partial charge on any atom is -0.320 e. The van der Waals surface area contributed by atoms with E-state index >= 15 is 0 Å². The molecule has 1 unspecified atom stereocenters. The second-order valence-electron chi connectivity index (χ2n) is 6.24. The molecule has 4 rings (SSSR count). The molecule has 0 saturated carbocycles. The molecule has 2 amide bonds. The number of aromatic nitrogens is 3. The Kier molecular flexibility index (Phi) is 4.69. The molecule has 0 spiro atoms. The van der Waals surface area contributed by atoms with Gasteiger partial charge in [-0.2, -0.15) is 4.98 Å². The van der Waals surface area contributed by atoms with Gasteiger partial charge in [0.2, 0.25) is 11.9 Å². The van der Waals surface area contributed by atoms with Gasteiger partial charge in [0, 0.05) is 16.7 Å². The zero-order valence-corrected chi connectivity index (χ0v) is 15.5. The van der Waals surface area contributed by atoms with Crippen molar-refractivity contribution in [2.24, 2.45) is 0 Å². The van der Waals surface area contributed by atoms with Crippen LogP contribution in [0.25, 0.3) is 11.4 Å². The highest BCUT2D eigenvalue weighted by molar-refractivity contribution is 6.30. The maximum atomic E-state index is 12.4. The number of nitrogens with one attached hydrogen (secondary N) is 2. The summed E-state index contributed by atoms with van der Waals surface area (Å²) in [4.78, 5) is 39.4. The van der Waals surface area contributed by atoms with Gasteiger partial charge in [0.1, 0.15) is 11.7 Å². The van der Waals surface area contributed by atoms with E-state index in [2.05, 4.69) is 20.7 Å². The lowest BCUT2D eigenvalue weighted by Crippen LogP contribution is -2.24. The number of rotatable bonds is 5. The number of nitro benzene ring substituents is 1. The molecule has 0 bridgehead atoms. The fourth-order valence-electron chi connectivity index (χ4n) is 2.95. The molecule has 0 fully saturated rings. The lowest BCUT2D eigenvalue weighted by atomic mass is 10.2. The van der Waals surface area contributed by atoms with Crippen LogP contribution in [-0.2, 0) is 9.59 Å². The standard InChI is InChI=1S/C18H13ClN6O4/c19-11-7-5-10(6-8-11)16-21-18-22-17(27)14(24(18)23-16)9-15(26)20-12-3-1-2-4-13(12)25(28)29/h1-8,14H,9H2,(H,20,26)(H,21,22,23,27). The number of carbonyl (C=O) groups is 2. The Morgan fingerprint density at radius 2 is 1.97 bits per heavy atom. The van der Waals surface area contributed by atoms with Crippen molar-refractivity contribution in [3.63, 3.8) is 0 Å². The van der Waals surface area contributed by atoms with Crippen molar-refractivity contribution < 1.29 is 14.5 Å². The number of amides is 2. The van der Waals surface area contributed by atoms with Crippen LogP contribution in [-0.4, -0.2) is 31.5 Å². The van der Waals surface area contributed by atoms with E-state index in [9.17, 15) is 19.7 Å². The Balaban J connectivity index is 1.53. The third-order valence-electron chi connectivity index (χ3n) is 4.32. The van der Waals surface area contributed by atoms with E-state index in [0.29, 0.717) is 16.4 Å². The molecule has 1 atom stereocenters. The minimum absolute atomic E-state index is 0.0570. The Labute approximate surface area is 168 Å². The van der Waals surface area contributed by atoms with Crippen molar-refractivity contribution >= 4 is 40.7 Å². The van der Waals surface area contributed by atoms with Gasteiger partial charge >= 0.3 is 0 Å². The number of nitro groups is 1. The largest absolute Gasteiger partial charge is 0.320 e. The molecule has 29 heavy (non-hydrogen) atoms. The second kappa shape index (κ2) is 7.32. The first-order chi connectivity index (χ1) is 13.9. The molecule has 0 radical (unpaired) electrons. The molecule has 2 aromatic carbocycles. The summed E-state index contributed by atoms with van der Waals surface area (Å²) in [6.07, 6.45) is -0.256. The van der Waals surface area contributed by atoms with Gasteiger partial charge in [-0.1, -0.05) is 23.7 Å². The fourth-order valence-corrected chi connectivity index (χ4v) is 3.07. The summed E-state index contributed by atoms with van der Waals surface area (Å²) in [5.41, 5.74) is 0.526. The Morgan fingerprint density at radius 1 is 1.24 bits per heavy atom. The molecular weight excluding hydrogens is 400 g/mol. The average Bonchev–Trinajstić information content (AvgIpc) is 3.21. The van der Waals surface area contributed by atoms with Crippen molar-refractivity contribution in [2.45, 2.75) is 12.5 Å². The van der Waals surface area contributed by atoms with E-state index in [0.717, 1.165) is 0 Å². The predicted octanol–water partition coefficient (Wildman–Crippen LogP) is 3.03. The van der Waals surface area contributed by atoms with Crippen LogP contribution in [0.2, 0.25) is 5.02 Å². The number of anilines is 2. The highest BCUT2D eigenvalue weighted by Gasteiger charge is 2.35. The number of fused-ring (bicyclic) bond motifs is 1. The summed E-state index contributed by atoms with van der Waals surface area (Å²) >= 11 is 5.88. The maximum absolute atomic E-state index is 12.4. The molecule has 0 saturated heterocycles. The summed E-state index contributed by atoms with van der Waals surface area (Å²) in [5, 5.41) is 21.0. The van der Waals surface area contributed by atoms with Crippen molar-refractivity contribution in [1.82, 2.24) is 14.8 Å². The van der Waals surface area contributed by atoms with Crippen LogP contribution in [0.4, 0.5) is 17.3 Å². The zero-order chi connectivity index (χ0) is 20.5. The van der Waals surface area contributed by atoms with E-state index in [-0.39, 0.29) is 23.7 Å². The third kappa shape index (κ3) is 3.65. The van der Waals surface area contributed by atoms with E-state index in [1.807, 2.05) is 0 Å². The van der Waals surface area contributed by atoms with Gasteiger partial charge in [-0.3, -0.25) is 25.0 Å². The average molecular weight is 413 g/mol. The first-order valence-corrected chi connectivity index (χ1v) is 8.87. The summed E-state index contributed by atoms with van der Waals surface area (Å²) in [6, 6.07) is 11.7. The number of carbonyl (C=O) groups excluding carboxylic acids is 2. The van der Waals surface area contributed by atoms with Crippen molar-refractivity contribution in [3.8, 4) is 11.4 Å². The molecule has 2 heterocycles. The summed E-state index contributed by atoms with van der Waals surface area (Å²) < 4.78 is 1.34. The van der Waals surface area contributed by atoms with Crippen LogP contribution in [0.5, 0.6) is 0 Å². The van der Waals surface area contributed by atoms with Crippen molar-refractivity contribution in [2.75, 3.05) is 10.6 Å². The van der Waals surface area contributed by atoms with E-state index in [4.69, 9.17) is 11.6 Å². The summed E-state index contributed by atoms with van der Waals surface area (Å²) in [6.45, 7) is 0. The Morgan fingerprint density at radius 3 is 2.69 bits per heavy atom. The fraction of sp³-hybridized carbons (Fsp3) is 0.111. The van der Waals surface area contributed by atoms with Crippen LogP contribution >= 0.6 is 11.6 Å². The van der Waals surface area contributed by atoms with Gasteiger partial charge in [-0.05, 0) is 30.3 Å². The van der Waals surface area contributed by atoms with E-state index < -0.39 is 22.8 Å². The molecule has 10 nitrogen and oxygen atoms in total. The molecule has 3 aromatic rings. The number of benzene rings is 2. The van der Waals surface area contributed by atoms with Crippen molar-refractivity contribution in [3.05, 3.63) is 63.7 Å². The van der Waals surface area contributed by atoms with Crippen LogP contribution in [0.1, 0.15) is 12.5 Å². The molecule has 0 aliphatic carbocycles. The topological polar surface area (TPSA) is 132 Å². The monoisotopic (exact) mass is 412 g/mol. The third-order valence-corrected chi connectivity index (χ3v) is 4.57. The minimum atomic E-state index is -0.915. The smallest absolute Gasteiger partial charge is 0.292 e. The predicted molar refractivity (Wildman–Crippen MR) is 104 cm³/mol. The molecule has 2 N–H and O–H groups in total. The van der Waals surface area contributed by atoms with Gasteiger partial charge in [-0.25, -0.2) is 4.68 Å². The number of hydrogen-bond donors (Lipinski definition) is 2. The van der Waals surface area contributed by atoms with Gasteiger partial charge in [-0.15, -0.1) is 5.10 Å². The van der Waals surface area contributed by atoms with E-state index in [1.165, 1.54) is 22.9 Å². The van der Waals surface area contributed by atoms with Gasteiger partial charge in [0.05, 0.1) is 11.3 Å². The summed E-state index contributed by atoms with van der Waals surface area (Å²) in [7, 11) is 0. The number of nitrogens with zero attached hydrogens (tertiary/aromatic N) is 4.